The zero-order valence-corrected chi connectivity index (χ0v) is 7.59. The van der Waals surface area contributed by atoms with Crippen LogP contribution in [0.1, 0.15) is 26.7 Å². The minimum atomic E-state index is -0.0619. The standard InChI is InChI=1S/C10H14O2/c1-6-3-4-8-7(2)5-12-10(11)9(6)8/h6-7H,3-5H2,1-2H3/t6-,7-/m0/s1. The van der Waals surface area contributed by atoms with E-state index in [1.54, 1.807) is 0 Å². The van der Waals surface area contributed by atoms with Crippen molar-refractivity contribution in [1.82, 2.24) is 0 Å². The Hall–Kier alpha value is -0.790. The number of hydrogen-bond acceptors (Lipinski definition) is 2. The highest BCUT2D eigenvalue weighted by Crippen LogP contribution is 2.39. The second-order valence-electron chi connectivity index (χ2n) is 3.88. The molecule has 0 radical (unpaired) electrons. The first-order valence-corrected chi connectivity index (χ1v) is 4.60. The van der Waals surface area contributed by atoms with Crippen LogP contribution in [0.3, 0.4) is 0 Å². The minimum Gasteiger partial charge on any atom is -0.462 e. The predicted octanol–water partition coefficient (Wildman–Crippen LogP) is 1.91. The van der Waals surface area contributed by atoms with Crippen LogP contribution in [0.15, 0.2) is 11.1 Å². The molecule has 0 amide bonds. The Morgan fingerprint density at radius 2 is 2.08 bits per heavy atom. The second kappa shape index (κ2) is 2.61. The summed E-state index contributed by atoms with van der Waals surface area (Å²) in [6, 6.07) is 0. The molecule has 0 aromatic carbocycles. The van der Waals surface area contributed by atoms with E-state index in [0.717, 1.165) is 18.4 Å². The van der Waals surface area contributed by atoms with Crippen LogP contribution in [-0.4, -0.2) is 12.6 Å². The lowest BCUT2D eigenvalue weighted by atomic mass is 9.94. The number of rotatable bonds is 0. The highest BCUT2D eigenvalue weighted by molar-refractivity contribution is 5.91. The Morgan fingerprint density at radius 1 is 1.33 bits per heavy atom. The molecule has 0 aromatic heterocycles. The quantitative estimate of drug-likeness (QED) is 0.514. The van der Waals surface area contributed by atoms with E-state index in [2.05, 4.69) is 13.8 Å². The number of carbonyl (C=O) groups is 1. The normalized spacial score (nSPS) is 35.0. The fourth-order valence-electron chi connectivity index (χ4n) is 2.19. The summed E-state index contributed by atoms with van der Waals surface area (Å²) in [5, 5.41) is 0. The van der Waals surface area contributed by atoms with Crippen molar-refractivity contribution in [3.05, 3.63) is 11.1 Å². The van der Waals surface area contributed by atoms with Gasteiger partial charge in [0.15, 0.2) is 0 Å². The number of carbonyl (C=O) groups excluding carboxylic acids is 1. The summed E-state index contributed by atoms with van der Waals surface area (Å²) in [5.41, 5.74) is 2.34. The maximum absolute atomic E-state index is 11.4. The second-order valence-corrected chi connectivity index (χ2v) is 3.88. The minimum absolute atomic E-state index is 0.0619. The van der Waals surface area contributed by atoms with Crippen molar-refractivity contribution in [2.75, 3.05) is 6.61 Å². The van der Waals surface area contributed by atoms with Crippen molar-refractivity contribution in [3.8, 4) is 0 Å². The molecule has 0 aromatic rings. The Morgan fingerprint density at radius 3 is 2.75 bits per heavy atom. The third kappa shape index (κ3) is 0.977. The summed E-state index contributed by atoms with van der Waals surface area (Å²) >= 11 is 0. The van der Waals surface area contributed by atoms with Crippen LogP contribution in [-0.2, 0) is 9.53 Å². The first-order valence-electron chi connectivity index (χ1n) is 4.60. The lowest BCUT2D eigenvalue weighted by Crippen LogP contribution is -2.23. The molecule has 0 bridgehead atoms. The summed E-state index contributed by atoms with van der Waals surface area (Å²) in [4.78, 5) is 11.4. The lowest BCUT2D eigenvalue weighted by molar-refractivity contribution is -0.141. The Balaban J connectivity index is 2.38. The molecule has 2 heteroatoms. The molecule has 1 aliphatic heterocycles. The van der Waals surface area contributed by atoms with Crippen LogP contribution < -0.4 is 0 Å². The summed E-state index contributed by atoms with van der Waals surface area (Å²) in [6.07, 6.45) is 2.23. The molecular formula is C10H14O2. The van der Waals surface area contributed by atoms with E-state index in [1.807, 2.05) is 0 Å². The maximum atomic E-state index is 11.4. The van der Waals surface area contributed by atoms with Crippen molar-refractivity contribution in [1.29, 1.82) is 0 Å². The van der Waals surface area contributed by atoms with E-state index in [1.165, 1.54) is 5.57 Å². The van der Waals surface area contributed by atoms with Gasteiger partial charge in [-0.3, -0.25) is 0 Å². The molecule has 1 aliphatic carbocycles. The van der Waals surface area contributed by atoms with Crippen molar-refractivity contribution >= 4 is 5.97 Å². The van der Waals surface area contributed by atoms with Gasteiger partial charge in [-0.15, -0.1) is 0 Å². The van der Waals surface area contributed by atoms with E-state index in [9.17, 15) is 4.79 Å². The molecule has 2 aliphatic rings. The smallest absolute Gasteiger partial charge is 0.334 e. The Bertz CT molecular complexity index is 253. The van der Waals surface area contributed by atoms with Crippen molar-refractivity contribution in [2.45, 2.75) is 26.7 Å². The van der Waals surface area contributed by atoms with Gasteiger partial charge in [0.2, 0.25) is 0 Å². The summed E-state index contributed by atoms with van der Waals surface area (Å²) < 4.78 is 5.08. The van der Waals surface area contributed by atoms with Gasteiger partial charge in [-0.1, -0.05) is 19.4 Å². The molecule has 2 nitrogen and oxygen atoms in total. The largest absolute Gasteiger partial charge is 0.462 e. The van der Waals surface area contributed by atoms with Crippen LogP contribution in [0.2, 0.25) is 0 Å². The first kappa shape index (κ1) is 7.84. The molecular weight excluding hydrogens is 152 g/mol. The van der Waals surface area contributed by atoms with Gasteiger partial charge in [0.05, 0.1) is 6.61 Å². The van der Waals surface area contributed by atoms with Crippen LogP contribution in [0.4, 0.5) is 0 Å². The van der Waals surface area contributed by atoms with Crippen molar-refractivity contribution in [2.24, 2.45) is 11.8 Å². The van der Waals surface area contributed by atoms with Gasteiger partial charge in [0.25, 0.3) is 0 Å². The van der Waals surface area contributed by atoms with Crippen LogP contribution in [0.25, 0.3) is 0 Å². The number of cyclic esters (lactones) is 1. The molecule has 0 spiro atoms. The van der Waals surface area contributed by atoms with Crippen LogP contribution in [0.5, 0.6) is 0 Å². The predicted molar refractivity (Wildman–Crippen MR) is 45.5 cm³/mol. The summed E-state index contributed by atoms with van der Waals surface area (Å²) in [5.74, 6) is 0.825. The van der Waals surface area contributed by atoms with Crippen molar-refractivity contribution < 1.29 is 9.53 Å². The molecule has 2 atom stereocenters. The van der Waals surface area contributed by atoms with E-state index >= 15 is 0 Å². The lowest BCUT2D eigenvalue weighted by Gasteiger charge is -2.21. The first-order chi connectivity index (χ1) is 5.70. The van der Waals surface area contributed by atoms with E-state index in [0.29, 0.717) is 18.4 Å². The maximum Gasteiger partial charge on any atom is 0.334 e. The fraction of sp³-hybridized carbons (Fsp3) is 0.700. The molecule has 0 fully saturated rings. The highest BCUT2D eigenvalue weighted by atomic mass is 16.5. The summed E-state index contributed by atoms with van der Waals surface area (Å²) in [6.45, 7) is 4.84. The van der Waals surface area contributed by atoms with E-state index in [-0.39, 0.29) is 5.97 Å². The molecule has 0 saturated carbocycles. The van der Waals surface area contributed by atoms with E-state index < -0.39 is 0 Å². The zero-order chi connectivity index (χ0) is 8.72. The SMILES string of the molecule is C[C@H]1COC(=O)C2=C1CC[C@@H]2C. The number of ether oxygens (including phenoxy) is 1. The van der Waals surface area contributed by atoms with Gasteiger partial charge < -0.3 is 4.74 Å². The average Bonchev–Trinajstić information content (AvgIpc) is 2.42. The monoisotopic (exact) mass is 166 g/mol. The molecule has 0 N–H and O–H groups in total. The molecule has 66 valence electrons. The molecule has 2 rings (SSSR count). The fourth-order valence-corrected chi connectivity index (χ4v) is 2.19. The van der Waals surface area contributed by atoms with Gasteiger partial charge in [0.1, 0.15) is 0 Å². The Labute approximate surface area is 72.6 Å². The average molecular weight is 166 g/mol. The molecule has 0 saturated heterocycles. The van der Waals surface area contributed by atoms with E-state index in [4.69, 9.17) is 4.74 Å². The number of hydrogen-bond donors (Lipinski definition) is 0. The van der Waals surface area contributed by atoms with Crippen molar-refractivity contribution in [3.63, 3.8) is 0 Å². The summed E-state index contributed by atoms with van der Waals surface area (Å²) in [7, 11) is 0. The van der Waals surface area contributed by atoms with Gasteiger partial charge in [-0.2, -0.15) is 0 Å². The molecule has 12 heavy (non-hydrogen) atoms. The Kier molecular flexibility index (Phi) is 1.71. The van der Waals surface area contributed by atoms with Gasteiger partial charge in [-0.25, -0.2) is 4.79 Å². The zero-order valence-electron chi connectivity index (χ0n) is 7.59. The van der Waals surface area contributed by atoms with Crippen LogP contribution >= 0.6 is 0 Å². The molecule has 0 unspecified atom stereocenters. The van der Waals surface area contributed by atoms with Gasteiger partial charge >= 0.3 is 5.97 Å². The third-order valence-electron chi connectivity index (χ3n) is 2.96. The topological polar surface area (TPSA) is 26.3 Å². The number of esters is 1. The highest BCUT2D eigenvalue weighted by Gasteiger charge is 2.34. The van der Waals surface area contributed by atoms with Gasteiger partial charge in [0, 0.05) is 11.5 Å². The third-order valence-corrected chi connectivity index (χ3v) is 2.96. The molecule has 1 heterocycles. The van der Waals surface area contributed by atoms with Crippen LogP contribution in [0, 0.1) is 11.8 Å². The van der Waals surface area contributed by atoms with Gasteiger partial charge in [-0.05, 0) is 18.8 Å².